The van der Waals surface area contributed by atoms with Crippen LogP contribution in [0.5, 0.6) is 0 Å². The lowest BCUT2D eigenvalue weighted by molar-refractivity contribution is 0.669. The van der Waals surface area contributed by atoms with E-state index in [9.17, 15) is 0 Å². The molecule has 0 radical (unpaired) electrons. The molecule has 3 aromatic carbocycles. The normalized spacial score (nSPS) is 12.2. The van der Waals surface area contributed by atoms with Crippen molar-refractivity contribution >= 4 is 49.8 Å². The molecule has 0 bridgehead atoms. The lowest BCUT2D eigenvalue weighted by Crippen LogP contribution is -1.97. The van der Waals surface area contributed by atoms with Gasteiger partial charge >= 0.3 is 0 Å². The fraction of sp³-hybridized carbons (Fsp3) is 0.300. The van der Waals surface area contributed by atoms with E-state index in [0.717, 1.165) is 12.8 Å². The highest BCUT2D eigenvalue weighted by Gasteiger charge is 2.16. The van der Waals surface area contributed by atoms with Crippen LogP contribution in [-0.4, -0.2) is 0 Å². The van der Waals surface area contributed by atoms with Gasteiger partial charge in [0, 0.05) is 19.5 Å². The topological polar surface area (TPSA) is 0 Å². The monoisotopic (exact) mass is 588 g/mol. The van der Waals surface area contributed by atoms with Crippen LogP contribution in [0.15, 0.2) is 97.6 Å². The lowest BCUT2D eigenvalue weighted by atomic mass is 9.86. The summed E-state index contributed by atoms with van der Waals surface area (Å²) in [6.07, 6.45) is 19.5. The Kier molecular flexibility index (Phi) is 10.7. The smallest absolute Gasteiger partial charge is 0.0449 e. The molecule has 0 atom stereocenters. The number of hydrogen-bond donors (Lipinski definition) is 0. The Morgan fingerprint density at radius 3 is 2.00 bits per heavy atom. The first-order chi connectivity index (χ1) is 20.7. The van der Waals surface area contributed by atoms with Crippen LogP contribution in [-0.2, 0) is 12.8 Å². The summed E-state index contributed by atoms with van der Waals surface area (Å²) < 4.78 is 0. The van der Waals surface area contributed by atoms with Gasteiger partial charge in [-0.3, -0.25) is 0 Å². The zero-order valence-electron chi connectivity index (χ0n) is 25.5. The summed E-state index contributed by atoms with van der Waals surface area (Å²) in [4.78, 5) is 5.27. The number of hydrogen-bond acceptors (Lipinski definition) is 2. The van der Waals surface area contributed by atoms with Gasteiger partial charge in [-0.25, -0.2) is 0 Å². The first-order valence-electron chi connectivity index (χ1n) is 15.8. The number of allylic oxidation sites excluding steroid dienone is 5. The number of fused-ring (bicyclic) bond motifs is 2. The number of aryl methyl sites for hydroxylation is 2. The van der Waals surface area contributed by atoms with E-state index in [-0.39, 0.29) is 0 Å². The Balaban J connectivity index is 1.57. The van der Waals surface area contributed by atoms with Crippen LogP contribution in [0.3, 0.4) is 0 Å². The Labute approximate surface area is 261 Å². The molecule has 0 fully saturated rings. The maximum atomic E-state index is 3.90. The van der Waals surface area contributed by atoms with E-state index in [1.54, 1.807) is 11.1 Å². The molecule has 216 valence electrons. The van der Waals surface area contributed by atoms with Gasteiger partial charge in [-0.15, -0.1) is 22.7 Å². The summed E-state index contributed by atoms with van der Waals surface area (Å²) in [5.41, 5.74) is 5.63. The summed E-state index contributed by atoms with van der Waals surface area (Å²) >= 11 is 3.76. The van der Waals surface area contributed by atoms with Crippen molar-refractivity contribution in [3.63, 3.8) is 0 Å². The molecule has 5 aromatic rings. The van der Waals surface area contributed by atoms with Crippen LogP contribution in [0.4, 0.5) is 0 Å². The fourth-order valence-electron chi connectivity index (χ4n) is 6.11. The Bertz CT molecular complexity index is 1700. The molecule has 5 rings (SSSR count). The van der Waals surface area contributed by atoms with Crippen molar-refractivity contribution in [2.24, 2.45) is 0 Å². The van der Waals surface area contributed by atoms with E-state index < -0.39 is 0 Å². The second-order valence-corrected chi connectivity index (χ2v) is 13.4. The number of rotatable bonds is 14. The quantitative estimate of drug-likeness (QED) is 0.0687. The van der Waals surface area contributed by atoms with E-state index in [1.807, 2.05) is 28.7 Å². The standard InChI is InChI=1S/C40H44S2/c1-5-9-11-13-19-34-32-21-15-14-20-31(32)33(18-12-10-6-2)35-23-22-30(28-36(34)35)38-25-27-40(42-38)39-26-24-37(41-39)29(16-7-3)17-8-4/h7-8,14-17,20-28H,3,5-6,9-13,18-19H2,1-2,4H3/b17-8-,29-16+. The zero-order valence-corrected chi connectivity index (χ0v) is 27.2. The molecule has 0 aliphatic rings. The third-order valence-electron chi connectivity index (χ3n) is 8.23. The van der Waals surface area contributed by atoms with Crippen molar-refractivity contribution in [3.05, 3.63) is 114 Å². The van der Waals surface area contributed by atoms with Gasteiger partial charge in [0.2, 0.25) is 0 Å². The largest absolute Gasteiger partial charge is 0.134 e. The third kappa shape index (κ3) is 6.72. The molecule has 0 aliphatic carbocycles. The summed E-state index contributed by atoms with van der Waals surface area (Å²) in [5.74, 6) is 0. The summed E-state index contributed by atoms with van der Waals surface area (Å²) in [6.45, 7) is 10.6. The molecule has 0 amide bonds. The molecular weight excluding hydrogens is 545 g/mol. The molecule has 0 N–H and O–H groups in total. The zero-order chi connectivity index (χ0) is 29.3. The first-order valence-corrected chi connectivity index (χ1v) is 17.4. The van der Waals surface area contributed by atoms with Gasteiger partial charge in [0.05, 0.1) is 0 Å². The van der Waals surface area contributed by atoms with Crippen molar-refractivity contribution in [2.75, 3.05) is 0 Å². The van der Waals surface area contributed by atoms with Crippen LogP contribution in [0.1, 0.15) is 81.7 Å². The van der Waals surface area contributed by atoms with Gasteiger partial charge in [-0.2, -0.15) is 0 Å². The lowest BCUT2D eigenvalue weighted by Gasteiger charge is -2.18. The summed E-state index contributed by atoms with van der Waals surface area (Å²) in [7, 11) is 0. The molecule has 2 aromatic heterocycles. The van der Waals surface area contributed by atoms with E-state index in [0.29, 0.717) is 0 Å². The minimum absolute atomic E-state index is 1.15. The third-order valence-corrected chi connectivity index (χ3v) is 10.7. The second kappa shape index (κ2) is 14.8. The van der Waals surface area contributed by atoms with Crippen LogP contribution in [0.25, 0.3) is 47.3 Å². The minimum Gasteiger partial charge on any atom is -0.134 e. The molecule has 42 heavy (non-hydrogen) atoms. The SMILES string of the molecule is C=C/C=C(\C=C/C)c1ccc(-c2ccc(-c3ccc4c(CCCCC)c5ccccc5c(CCCCCC)c4c3)s2)s1. The van der Waals surface area contributed by atoms with E-state index >= 15 is 0 Å². The fourth-order valence-corrected chi connectivity index (χ4v) is 8.21. The van der Waals surface area contributed by atoms with Gasteiger partial charge in [-0.1, -0.05) is 113 Å². The Morgan fingerprint density at radius 2 is 1.29 bits per heavy atom. The molecule has 2 heteroatoms. The van der Waals surface area contributed by atoms with Gasteiger partial charge in [0.15, 0.2) is 0 Å². The predicted molar refractivity (Wildman–Crippen MR) is 192 cm³/mol. The number of benzene rings is 3. The van der Waals surface area contributed by atoms with E-state index in [1.165, 1.54) is 97.1 Å². The molecule has 2 heterocycles. The average Bonchev–Trinajstić information content (AvgIpc) is 3.70. The van der Waals surface area contributed by atoms with E-state index in [2.05, 4.69) is 112 Å². The summed E-state index contributed by atoms with van der Waals surface area (Å²) in [5, 5.41) is 5.86. The van der Waals surface area contributed by atoms with Crippen LogP contribution in [0, 0.1) is 0 Å². The van der Waals surface area contributed by atoms with Crippen molar-refractivity contribution in [1.29, 1.82) is 0 Å². The average molecular weight is 589 g/mol. The molecule has 0 nitrogen and oxygen atoms in total. The summed E-state index contributed by atoms with van der Waals surface area (Å²) in [6, 6.07) is 25.6. The molecule has 0 spiro atoms. The first kappa shape index (κ1) is 30.3. The van der Waals surface area contributed by atoms with Crippen LogP contribution < -0.4 is 0 Å². The Hall–Kier alpha value is -3.20. The minimum atomic E-state index is 1.15. The molecule has 0 aliphatic heterocycles. The van der Waals surface area contributed by atoms with Crippen molar-refractivity contribution in [3.8, 4) is 20.2 Å². The number of unbranched alkanes of at least 4 members (excludes halogenated alkanes) is 5. The van der Waals surface area contributed by atoms with Gasteiger partial charge < -0.3 is 0 Å². The predicted octanol–water partition coefficient (Wildman–Crippen LogP) is 13.5. The van der Waals surface area contributed by atoms with Crippen molar-refractivity contribution in [1.82, 2.24) is 0 Å². The van der Waals surface area contributed by atoms with Gasteiger partial charge in [-0.05, 0) is 107 Å². The highest BCUT2D eigenvalue weighted by Crippen LogP contribution is 2.42. The molecular formula is C40H44S2. The Morgan fingerprint density at radius 1 is 0.667 bits per heavy atom. The van der Waals surface area contributed by atoms with E-state index in [4.69, 9.17) is 0 Å². The molecule has 0 saturated carbocycles. The second-order valence-electron chi connectivity index (χ2n) is 11.2. The highest BCUT2D eigenvalue weighted by molar-refractivity contribution is 7.24. The maximum absolute atomic E-state index is 3.90. The number of thiophene rings is 2. The molecule has 0 saturated heterocycles. The van der Waals surface area contributed by atoms with Crippen LogP contribution >= 0.6 is 22.7 Å². The molecule has 0 unspecified atom stereocenters. The maximum Gasteiger partial charge on any atom is 0.0449 e. The van der Waals surface area contributed by atoms with Gasteiger partial charge in [0.25, 0.3) is 0 Å². The van der Waals surface area contributed by atoms with Crippen LogP contribution in [0.2, 0.25) is 0 Å². The van der Waals surface area contributed by atoms with Gasteiger partial charge in [0.1, 0.15) is 0 Å². The van der Waals surface area contributed by atoms with Crippen molar-refractivity contribution < 1.29 is 0 Å². The van der Waals surface area contributed by atoms with Crippen molar-refractivity contribution in [2.45, 2.75) is 78.6 Å². The highest BCUT2D eigenvalue weighted by atomic mass is 32.1.